The summed E-state index contributed by atoms with van der Waals surface area (Å²) >= 11 is 0. The Bertz CT molecular complexity index is 681. The molecule has 0 saturated carbocycles. The molecule has 1 aromatic carbocycles. The molecular formula is C15H15F8N3O2. The molecule has 0 heterocycles. The van der Waals surface area contributed by atoms with Gasteiger partial charge in [-0.1, -0.05) is 12.1 Å². The lowest BCUT2D eigenvalue weighted by molar-refractivity contribution is -0.301. The van der Waals surface area contributed by atoms with Crippen LogP contribution in [0.5, 0.6) is 0 Å². The summed E-state index contributed by atoms with van der Waals surface area (Å²) in [4.78, 5) is 9.75. The van der Waals surface area contributed by atoms with Gasteiger partial charge < -0.3 is 10.8 Å². The maximum absolute atomic E-state index is 13.4. The third-order valence-electron chi connectivity index (χ3n) is 3.31. The molecule has 1 aromatic rings. The zero-order chi connectivity index (χ0) is 22.3. The van der Waals surface area contributed by atoms with Crippen LogP contribution in [0.3, 0.4) is 0 Å². The van der Waals surface area contributed by atoms with Crippen molar-refractivity contribution in [3.63, 3.8) is 0 Å². The second kappa shape index (κ2) is 9.65. The van der Waals surface area contributed by atoms with Crippen LogP contribution in [-0.4, -0.2) is 53.9 Å². The van der Waals surface area contributed by atoms with E-state index < -0.39 is 36.8 Å². The predicted molar refractivity (Wildman–Crippen MR) is 80.2 cm³/mol. The molecule has 0 radical (unpaired) electrons. The Labute approximate surface area is 153 Å². The molecule has 0 amide bonds. The monoisotopic (exact) mass is 421 g/mol. The van der Waals surface area contributed by atoms with Crippen LogP contribution in [0.4, 0.5) is 35.1 Å². The highest BCUT2D eigenvalue weighted by atomic mass is 19.4. The van der Waals surface area contributed by atoms with Crippen molar-refractivity contribution >= 4 is 5.97 Å². The number of rotatable bonds is 5. The average molecular weight is 421 g/mol. The average Bonchev–Trinajstić information content (AvgIpc) is 2.54. The van der Waals surface area contributed by atoms with Crippen LogP contribution in [0, 0.1) is 11.3 Å². The lowest BCUT2D eigenvalue weighted by Gasteiger charge is -2.34. The molecular weight excluding hydrogens is 406 g/mol. The van der Waals surface area contributed by atoms with E-state index in [0.717, 1.165) is 11.9 Å². The Hall–Kier alpha value is -2.46. The number of alkyl halides is 8. The van der Waals surface area contributed by atoms with Crippen molar-refractivity contribution in [3.05, 3.63) is 35.4 Å². The van der Waals surface area contributed by atoms with Crippen LogP contribution in [0.2, 0.25) is 0 Å². The summed E-state index contributed by atoms with van der Waals surface area (Å²) in [6.07, 6.45) is -10.7. The van der Waals surface area contributed by atoms with Gasteiger partial charge in [0.1, 0.15) is 0 Å². The van der Waals surface area contributed by atoms with Crippen LogP contribution in [0.1, 0.15) is 11.1 Å². The van der Waals surface area contributed by atoms with Crippen molar-refractivity contribution in [2.24, 2.45) is 5.73 Å². The molecule has 28 heavy (non-hydrogen) atoms. The largest absolute Gasteiger partial charge is 0.490 e. The molecule has 5 nitrogen and oxygen atoms in total. The minimum atomic E-state index is -5.66. The molecule has 0 aromatic heterocycles. The Balaban J connectivity index is 0.000000887. The number of carbonyl (C=O) groups is 1. The van der Waals surface area contributed by atoms with Crippen molar-refractivity contribution in [2.45, 2.75) is 30.9 Å². The molecule has 0 aliphatic carbocycles. The van der Waals surface area contributed by atoms with E-state index in [1.807, 2.05) is 6.07 Å². The van der Waals surface area contributed by atoms with Gasteiger partial charge in [-0.05, 0) is 24.7 Å². The number of aliphatic carboxylic acids is 1. The summed E-state index contributed by atoms with van der Waals surface area (Å²) < 4.78 is 95.7. The highest BCUT2D eigenvalue weighted by Crippen LogP contribution is 2.39. The smallest absolute Gasteiger partial charge is 0.475 e. The van der Waals surface area contributed by atoms with Crippen LogP contribution in [-0.2, 0) is 11.3 Å². The van der Waals surface area contributed by atoms with Crippen LogP contribution in [0.15, 0.2) is 24.3 Å². The maximum Gasteiger partial charge on any atom is 0.490 e. The zero-order valence-corrected chi connectivity index (χ0v) is 14.2. The Morgan fingerprint density at radius 3 is 1.86 bits per heavy atom. The van der Waals surface area contributed by atoms with E-state index in [1.54, 1.807) is 0 Å². The fraction of sp³-hybridized carbons (Fsp3) is 0.467. The number of benzene rings is 1. The number of carboxylic acid groups (broad SMARTS) is 1. The standard InChI is InChI=1S/C13H14F5N3.C2HF3O2/c1-21(8-10-4-2-9(6-19)3-5-10)11(7-20)12(14,15)13(16,17)18;3-2(4,5)1(6)7/h2-5,11H,7-8,20H2,1H3;(H,6,7). The topological polar surface area (TPSA) is 90.4 Å². The molecule has 1 unspecified atom stereocenters. The van der Waals surface area contributed by atoms with E-state index in [2.05, 4.69) is 0 Å². The van der Waals surface area contributed by atoms with Gasteiger partial charge >= 0.3 is 24.2 Å². The molecule has 0 saturated heterocycles. The van der Waals surface area contributed by atoms with Gasteiger partial charge in [-0.2, -0.15) is 40.4 Å². The maximum atomic E-state index is 13.4. The number of halogens is 8. The first-order valence-corrected chi connectivity index (χ1v) is 7.21. The Morgan fingerprint density at radius 2 is 1.57 bits per heavy atom. The van der Waals surface area contributed by atoms with Gasteiger partial charge in [0.15, 0.2) is 0 Å². The van der Waals surface area contributed by atoms with Gasteiger partial charge in [0.2, 0.25) is 0 Å². The molecule has 0 aliphatic heterocycles. The SMILES string of the molecule is CN(Cc1ccc(C#N)cc1)C(CN)C(F)(F)C(F)(F)F.O=C(O)C(F)(F)F. The van der Waals surface area contributed by atoms with E-state index >= 15 is 0 Å². The van der Waals surface area contributed by atoms with Crippen molar-refractivity contribution in [2.75, 3.05) is 13.6 Å². The Kier molecular flexibility index (Phi) is 8.80. The van der Waals surface area contributed by atoms with Crippen molar-refractivity contribution < 1.29 is 45.0 Å². The van der Waals surface area contributed by atoms with Crippen LogP contribution >= 0.6 is 0 Å². The fourth-order valence-electron chi connectivity index (χ4n) is 1.88. The number of nitrogens with two attached hydrogens (primary N) is 1. The van der Waals surface area contributed by atoms with Crippen LogP contribution < -0.4 is 5.73 Å². The molecule has 0 aliphatic rings. The highest BCUT2D eigenvalue weighted by molar-refractivity contribution is 5.73. The third-order valence-corrected chi connectivity index (χ3v) is 3.31. The number of carboxylic acids is 1. The van der Waals surface area contributed by atoms with Crippen molar-refractivity contribution in [1.29, 1.82) is 5.26 Å². The third kappa shape index (κ3) is 7.28. The van der Waals surface area contributed by atoms with Gasteiger partial charge in [-0.25, -0.2) is 4.79 Å². The number of likely N-dealkylation sites (N-methyl/N-ethyl adjacent to an activating group) is 1. The number of nitrogens with zero attached hydrogens (tertiary/aromatic N) is 2. The first kappa shape index (κ1) is 25.5. The molecule has 158 valence electrons. The summed E-state index contributed by atoms with van der Waals surface area (Å²) in [5.41, 5.74) is 5.97. The van der Waals surface area contributed by atoms with Gasteiger partial charge in [-0.15, -0.1) is 0 Å². The molecule has 3 N–H and O–H groups in total. The lowest BCUT2D eigenvalue weighted by Crippen LogP contribution is -2.57. The highest BCUT2D eigenvalue weighted by Gasteiger charge is 2.62. The molecule has 1 rings (SSSR count). The second-order valence-electron chi connectivity index (χ2n) is 5.40. The second-order valence-corrected chi connectivity index (χ2v) is 5.40. The minimum absolute atomic E-state index is 0.140. The van der Waals surface area contributed by atoms with E-state index in [9.17, 15) is 35.1 Å². The van der Waals surface area contributed by atoms with Gasteiger partial charge in [-0.3, -0.25) is 4.90 Å². The first-order chi connectivity index (χ1) is 12.6. The molecule has 13 heteroatoms. The van der Waals surface area contributed by atoms with Gasteiger partial charge in [0.05, 0.1) is 17.7 Å². The number of hydrogen-bond acceptors (Lipinski definition) is 4. The number of nitriles is 1. The first-order valence-electron chi connectivity index (χ1n) is 7.21. The number of hydrogen-bond donors (Lipinski definition) is 2. The fourth-order valence-corrected chi connectivity index (χ4v) is 1.88. The summed E-state index contributed by atoms with van der Waals surface area (Å²) in [5.74, 6) is -7.66. The van der Waals surface area contributed by atoms with Crippen molar-refractivity contribution in [3.8, 4) is 6.07 Å². The summed E-state index contributed by atoms with van der Waals surface area (Å²) in [7, 11) is 1.15. The summed E-state index contributed by atoms with van der Waals surface area (Å²) in [6, 6.07) is 5.63. The normalized spacial score (nSPS) is 13.4. The summed E-state index contributed by atoms with van der Waals surface area (Å²) in [5, 5.41) is 15.8. The molecule has 0 fully saturated rings. The molecule has 1 atom stereocenters. The minimum Gasteiger partial charge on any atom is -0.475 e. The van der Waals surface area contributed by atoms with Gasteiger partial charge in [0.25, 0.3) is 0 Å². The van der Waals surface area contributed by atoms with E-state index in [-0.39, 0.29) is 6.54 Å². The lowest BCUT2D eigenvalue weighted by atomic mass is 10.1. The molecule has 0 spiro atoms. The van der Waals surface area contributed by atoms with Crippen molar-refractivity contribution in [1.82, 2.24) is 4.90 Å². The molecule has 0 bridgehead atoms. The van der Waals surface area contributed by atoms with E-state index in [1.165, 1.54) is 24.3 Å². The predicted octanol–water partition coefficient (Wildman–Crippen LogP) is 3.15. The van der Waals surface area contributed by atoms with Crippen LogP contribution in [0.25, 0.3) is 0 Å². The summed E-state index contributed by atoms with van der Waals surface area (Å²) in [6.45, 7) is -0.974. The Morgan fingerprint density at radius 1 is 1.14 bits per heavy atom. The van der Waals surface area contributed by atoms with Gasteiger partial charge in [0, 0.05) is 13.1 Å². The van der Waals surface area contributed by atoms with E-state index in [0.29, 0.717) is 11.1 Å². The van der Waals surface area contributed by atoms with E-state index in [4.69, 9.17) is 20.9 Å². The zero-order valence-electron chi connectivity index (χ0n) is 14.2. The quantitative estimate of drug-likeness (QED) is 0.713.